The van der Waals surface area contributed by atoms with E-state index >= 15 is 0 Å². The second-order valence-corrected chi connectivity index (χ2v) is 7.28. The van der Waals surface area contributed by atoms with Crippen LogP contribution in [0.5, 0.6) is 0 Å². The fourth-order valence-electron chi connectivity index (χ4n) is 2.79. The van der Waals surface area contributed by atoms with Gasteiger partial charge in [0.15, 0.2) is 5.65 Å². The van der Waals surface area contributed by atoms with Gasteiger partial charge in [0.1, 0.15) is 16.1 Å². The van der Waals surface area contributed by atoms with E-state index in [-0.39, 0.29) is 17.4 Å². The third-order valence-corrected chi connectivity index (χ3v) is 5.04. The second-order valence-electron chi connectivity index (χ2n) is 6.08. The number of hydrogen-bond acceptors (Lipinski definition) is 7. The number of hydrogen-bond donors (Lipinski definition) is 2. The lowest BCUT2D eigenvalue weighted by atomic mass is 10.3. The van der Waals surface area contributed by atoms with Crippen LogP contribution in [-0.2, 0) is 7.05 Å². The number of nitrogens with zero attached hydrogens (tertiary/aromatic N) is 6. The standard InChI is InChI=1S/C16H16N8O2S/c1-7-5-11(19-15(26)12-8(2)18-9(3)27-12)24(22-7)16-20-13-10(14(25)21-16)6-17-23(13)4/h5-6H,1-4H3,(H,19,26)(H,20,21,25). The topological polar surface area (TPSA) is 123 Å². The molecule has 0 fully saturated rings. The lowest BCUT2D eigenvalue weighted by molar-refractivity contribution is 0.102. The van der Waals surface area contributed by atoms with Crippen LogP contribution in [0.25, 0.3) is 17.0 Å². The van der Waals surface area contributed by atoms with E-state index in [0.29, 0.717) is 33.1 Å². The van der Waals surface area contributed by atoms with Gasteiger partial charge in [-0.2, -0.15) is 19.9 Å². The summed E-state index contributed by atoms with van der Waals surface area (Å²) < 4.78 is 2.90. The van der Waals surface area contributed by atoms with Gasteiger partial charge in [-0.1, -0.05) is 0 Å². The Hall–Kier alpha value is -3.34. The van der Waals surface area contributed by atoms with Crippen molar-refractivity contribution in [2.24, 2.45) is 7.05 Å². The number of fused-ring (bicyclic) bond motifs is 1. The normalized spacial score (nSPS) is 11.3. The molecule has 0 aliphatic rings. The Morgan fingerprint density at radius 3 is 2.74 bits per heavy atom. The average Bonchev–Trinajstić information content (AvgIpc) is 3.25. The number of carbonyl (C=O) groups is 1. The van der Waals surface area contributed by atoms with Crippen LogP contribution >= 0.6 is 11.3 Å². The summed E-state index contributed by atoms with van der Waals surface area (Å²) in [5.74, 6) is 0.299. The predicted molar refractivity (Wildman–Crippen MR) is 101 cm³/mol. The summed E-state index contributed by atoms with van der Waals surface area (Å²) in [7, 11) is 1.70. The Labute approximate surface area is 156 Å². The zero-order valence-corrected chi connectivity index (χ0v) is 15.9. The van der Waals surface area contributed by atoms with Crippen molar-refractivity contribution in [2.45, 2.75) is 20.8 Å². The lowest BCUT2D eigenvalue weighted by Gasteiger charge is -2.08. The molecule has 4 aromatic rings. The Balaban J connectivity index is 1.78. The van der Waals surface area contributed by atoms with Crippen molar-refractivity contribution in [1.29, 1.82) is 0 Å². The molecule has 27 heavy (non-hydrogen) atoms. The molecular weight excluding hydrogens is 368 g/mol. The van der Waals surface area contributed by atoms with Crippen LogP contribution in [0.2, 0.25) is 0 Å². The highest BCUT2D eigenvalue weighted by Crippen LogP contribution is 2.21. The van der Waals surface area contributed by atoms with E-state index in [2.05, 4.69) is 30.5 Å². The maximum Gasteiger partial charge on any atom is 0.268 e. The van der Waals surface area contributed by atoms with Gasteiger partial charge in [0.05, 0.1) is 22.6 Å². The van der Waals surface area contributed by atoms with Gasteiger partial charge in [-0.15, -0.1) is 11.3 Å². The van der Waals surface area contributed by atoms with Gasteiger partial charge in [0, 0.05) is 13.1 Å². The lowest BCUT2D eigenvalue weighted by Crippen LogP contribution is -2.19. The van der Waals surface area contributed by atoms with E-state index in [4.69, 9.17) is 0 Å². The number of aromatic amines is 1. The van der Waals surface area contributed by atoms with Crippen molar-refractivity contribution >= 4 is 34.1 Å². The average molecular weight is 384 g/mol. The molecule has 4 aromatic heterocycles. The Kier molecular flexibility index (Phi) is 3.88. The summed E-state index contributed by atoms with van der Waals surface area (Å²) in [4.78, 5) is 36.9. The SMILES string of the molecule is Cc1cc(NC(=O)c2sc(C)nc2C)n(-c2nc3c(cnn3C)c(=O)[nH]2)n1. The molecule has 0 saturated heterocycles. The highest BCUT2D eigenvalue weighted by molar-refractivity contribution is 7.13. The predicted octanol–water partition coefficient (Wildman–Crippen LogP) is 1.48. The fourth-order valence-corrected chi connectivity index (χ4v) is 3.60. The van der Waals surface area contributed by atoms with Crippen LogP contribution in [0, 0.1) is 20.8 Å². The number of H-pyrrole nitrogens is 1. The van der Waals surface area contributed by atoms with Crippen LogP contribution in [0.4, 0.5) is 5.82 Å². The largest absolute Gasteiger partial charge is 0.306 e. The number of amides is 1. The van der Waals surface area contributed by atoms with E-state index in [9.17, 15) is 9.59 Å². The summed E-state index contributed by atoms with van der Waals surface area (Å²) >= 11 is 1.32. The highest BCUT2D eigenvalue weighted by Gasteiger charge is 2.19. The number of nitrogens with one attached hydrogen (secondary N) is 2. The third kappa shape index (κ3) is 2.91. The molecule has 0 unspecified atom stereocenters. The molecule has 2 N–H and O–H groups in total. The van der Waals surface area contributed by atoms with Crippen molar-refractivity contribution < 1.29 is 4.79 Å². The minimum atomic E-state index is -0.331. The first-order chi connectivity index (χ1) is 12.8. The molecule has 0 bridgehead atoms. The quantitative estimate of drug-likeness (QED) is 0.551. The van der Waals surface area contributed by atoms with Gasteiger partial charge >= 0.3 is 0 Å². The van der Waals surface area contributed by atoms with Gasteiger partial charge in [-0.25, -0.2) is 4.98 Å². The Morgan fingerprint density at radius 2 is 2.04 bits per heavy atom. The van der Waals surface area contributed by atoms with Gasteiger partial charge in [0.2, 0.25) is 5.95 Å². The third-order valence-electron chi connectivity index (χ3n) is 3.97. The molecule has 0 atom stereocenters. The first-order valence-electron chi connectivity index (χ1n) is 8.08. The van der Waals surface area contributed by atoms with Gasteiger partial charge in [-0.05, 0) is 20.8 Å². The number of carbonyl (C=O) groups excluding carboxylic acids is 1. The van der Waals surface area contributed by atoms with Crippen LogP contribution in [0.3, 0.4) is 0 Å². The molecule has 0 radical (unpaired) electrons. The minimum absolute atomic E-state index is 0.191. The van der Waals surface area contributed by atoms with Crippen LogP contribution in [0.1, 0.15) is 26.1 Å². The van der Waals surface area contributed by atoms with Crippen molar-refractivity contribution in [1.82, 2.24) is 34.5 Å². The Bertz CT molecular complexity index is 1250. The van der Waals surface area contributed by atoms with Crippen molar-refractivity contribution in [2.75, 3.05) is 5.32 Å². The molecule has 0 saturated carbocycles. The first kappa shape index (κ1) is 17.1. The molecular formula is C16H16N8O2S. The highest BCUT2D eigenvalue weighted by atomic mass is 32.1. The van der Waals surface area contributed by atoms with Gasteiger partial charge in [-0.3, -0.25) is 19.3 Å². The molecule has 10 nitrogen and oxygen atoms in total. The summed E-state index contributed by atoms with van der Waals surface area (Å²) in [6, 6.07) is 1.70. The number of anilines is 1. The van der Waals surface area contributed by atoms with Crippen molar-refractivity contribution in [3.8, 4) is 5.95 Å². The zero-order valence-electron chi connectivity index (χ0n) is 15.1. The molecule has 4 rings (SSSR count). The fraction of sp³-hybridized carbons (Fsp3) is 0.250. The smallest absolute Gasteiger partial charge is 0.268 e. The number of aromatic nitrogens is 7. The summed E-state index contributed by atoms with van der Waals surface area (Å²) in [6.07, 6.45) is 1.46. The summed E-state index contributed by atoms with van der Waals surface area (Å²) in [6.45, 7) is 5.42. The molecule has 0 spiro atoms. The molecule has 0 aromatic carbocycles. The molecule has 1 amide bonds. The molecule has 4 heterocycles. The Morgan fingerprint density at radius 1 is 1.26 bits per heavy atom. The molecule has 0 aliphatic heterocycles. The molecule has 11 heteroatoms. The van der Waals surface area contributed by atoms with Crippen molar-refractivity contribution in [3.05, 3.63) is 43.9 Å². The maximum atomic E-state index is 12.6. The summed E-state index contributed by atoms with van der Waals surface area (Å²) in [5, 5.41) is 12.4. The minimum Gasteiger partial charge on any atom is -0.306 e. The van der Waals surface area contributed by atoms with E-state index in [1.165, 1.54) is 26.9 Å². The van der Waals surface area contributed by atoms with E-state index in [1.807, 2.05) is 6.92 Å². The first-order valence-corrected chi connectivity index (χ1v) is 8.89. The molecule has 138 valence electrons. The second kappa shape index (κ2) is 6.13. The maximum absolute atomic E-state index is 12.6. The monoisotopic (exact) mass is 384 g/mol. The van der Waals surface area contributed by atoms with E-state index < -0.39 is 0 Å². The summed E-state index contributed by atoms with van der Waals surface area (Å²) in [5.41, 5.74) is 1.42. The van der Waals surface area contributed by atoms with Crippen molar-refractivity contribution in [3.63, 3.8) is 0 Å². The van der Waals surface area contributed by atoms with Gasteiger partial charge in [0.25, 0.3) is 11.5 Å². The zero-order chi connectivity index (χ0) is 19.3. The molecule has 0 aliphatic carbocycles. The van der Waals surface area contributed by atoms with Crippen LogP contribution < -0.4 is 10.9 Å². The van der Waals surface area contributed by atoms with Crippen LogP contribution in [-0.4, -0.2) is 40.4 Å². The van der Waals surface area contributed by atoms with Gasteiger partial charge < -0.3 is 5.32 Å². The number of aryl methyl sites for hydroxylation is 4. The number of rotatable bonds is 3. The van der Waals surface area contributed by atoms with Crippen LogP contribution in [0.15, 0.2) is 17.1 Å². The van der Waals surface area contributed by atoms with E-state index in [1.54, 1.807) is 27.0 Å². The number of thiazole rings is 1. The van der Waals surface area contributed by atoms with E-state index in [0.717, 1.165) is 5.01 Å².